The van der Waals surface area contributed by atoms with E-state index in [-0.39, 0.29) is 22.8 Å². The normalized spacial score (nSPS) is 10.8. The third-order valence-corrected chi connectivity index (χ3v) is 1.83. The Kier molecular flexibility index (Phi) is 3.00. The molecule has 0 fully saturated rings. The topological polar surface area (TPSA) is 58.9 Å². The van der Waals surface area contributed by atoms with Crippen molar-refractivity contribution in [1.29, 1.82) is 0 Å². The maximum absolute atomic E-state index is 12.3. The molecule has 0 spiro atoms. The molecule has 13 heavy (non-hydrogen) atoms. The standard InChI is InChI=1S/C7H7ClF2N2O/c8-4-1-3(6(9)10)5(2-11)12-7(4)13/h1,6H,2,11H2,(H,12,13). The van der Waals surface area contributed by atoms with Gasteiger partial charge in [-0.25, -0.2) is 8.78 Å². The molecular formula is C7H7ClF2N2O. The number of hydrogen-bond acceptors (Lipinski definition) is 2. The second-order valence-electron chi connectivity index (χ2n) is 2.39. The molecule has 0 radical (unpaired) electrons. The van der Waals surface area contributed by atoms with Crippen LogP contribution in [0.2, 0.25) is 5.02 Å². The highest BCUT2D eigenvalue weighted by Crippen LogP contribution is 2.22. The monoisotopic (exact) mass is 208 g/mol. The van der Waals surface area contributed by atoms with Gasteiger partial charge in [0.2, 0.25) is 0 Å². The summed E-state index contributed by atoms with van der Waals surface area (Å²) >= 11 is 5.37. The molecule has 0 aromatic carbocycles. The minimum atomic E-state index is -2.69. The summed E-state index contributed by atoms with van der Waals surface area (Å²) in [6, 6.07) is 0.938. The summed E-state index contributed by atoms with van der Waals surface area (Å²) in [5.41, 5.74) is 4.25. The van der Waals surface area contributed by atoms with Crippen LogP contribution in [0, 0.1) is 0 Å². The van der Waals surface area contributed by atoms with Crippen LogP contribution in [0.15, 0.2) is 10.9 Å². The lowest BCUT2D eigenvalue weighted by molar-refractivity contribution is 0.149. The van der Waals surface area contributed by atoms with Crippen LogP contribution in [0.5, 0.6) is 0 Å². The van der Waals surface area contributed by atoms with Gasteiger partial charge in [-0.1, -0.05) is 11.6 Å². The summed E-state index contributed by atoms with van der Waals surface area (Å²) < 4.78 is 24.6. The number of nitrogens with one attached hydrogen (secondary N) is 1. The van der Waals surface area contributed by atoms with Crippen molar-refractivity contribution in [3.63, 3.8) is 0 Å². The van der Waals surface area contributed by atoms with Crippen LogP contribution in [0.4, 0.5) is 8.78 Å². The molecule has 1 rings (SSSR count). The van der Waals surface area contributed by atoms with E-state index in [1.165, 1.54) is 0 Å². The molecular weight excluding hydrogens is 202 g/mol. The number of nitrogens with two attached hydrogens (primary N) is 1. The Morgan fingerprint density at radius 2 is 2.23 bits per heavy atom. The number of aromatic nitrogens is 1. The summed E-state index contributed by atoms with van der Waals surface area (Å²) in [4.78, 5) is 13.1. The molecule has 6 heteroatoms. The molecule has 1 heterocycles. The largest absolute Gasteiger partial charge is 0.325 e. The fourth-order valence-corrected chi connectivity index (χ4v) is 1.09. The molecule has 3 nitrogen and oxygen atoms in total. The van der Waals surface area contributed by atoms with Gasteiger partial charge < -0.3 is 10.7 Å². The number of alkyl halides is 2. The van der Waals surface area contributed by atoms with Crippen LogP contribution in [0.1, 0.15) is 17.7 Å². The predicted molar refractivity (Wildman–Crippen MR) is 44.9 cm³/mol. The molecule has 0 aliphatic heterocycles. The van der Waals surface area contributed by atoms with E-state index in [0.717, 1.165) is 6.07 Å². The molecule has 1 aromatic heterocycles. The van der Waals surface area contributed by atoms with Gasteiger partial charge in [-0.2, -0.15) is 0 Å². The highest BCUT2D eigenvalue weighted by Gasteiger charge is 2.14. The Morgan fingerprint density at radius 1 is 1.62 bits per heavy atom. The number of halogens is 3. The van der Waals surface area contributed by atoms with E-state index in [2.05, 4.69) is 4.98 Å². The number of hydrogen-bond donors (Lipinski definition) is 2. The first kappa shape index (κ1) is 10.1. The van der Waals surface area contributed by atoms with Gasteiger partial charge in [0.05, 0.1) is 0 Å². The second kappa shape index (κ2) is 3.85. The Balaban J connectivity index is 3.33. The van der Waals surface area contributed by atoms with Crippen molar-refractivity contribution in [2.24, 2.45) is 5.73 Å². The first-order valence-electron chi connectivity index (χ1n) is 3.46. The SMILES string of the molecule is NCc1[nH]c(=O)c(Cl)cc1C(F)F. The van der Waals surface area contributed by atoms with Gasteiger partial charge in [0.1, 0.15) is 5.02 Å². The van der Waals surface area contributed by atoms with E-state index in [1.54, 1.807) is 0 Å². The Morgan fingerprint density at radius 3 is 2.69 bits per heavy atom. The lowest BCUT2D eigenvalue weighted by Crippen LogP contribution is -2.15. The Bertz CT molecular complexity index is 364. The fourth-order valence-electron chi connectivity index (χ4n) is 0.922. The van der Waals surface area contributed by atoms with Gasteiger partial charge >= 0.3 is 0 Å². The maximum Gasteiger partial charge on any atom is 0.266 e. The number of rotatable bonds is 2. The average molecular weight is 209 g/mol. The van der Waals surface area contributed by atoms with Gasteiger partial charge in [0, 0.05) is 17.8 Å². The van der Waals surface area contributed by atoms with Crippen LogP contribution in [-0.4, -0.2) is 4.98 Å². The van der Waals surface area contributed by atoms with Crippen molar-refractivity contribution in [1.82, 2.24) is 4.98 Å². The van der Waals surface area contributed by atoms with Crippen molar-refractivity contribution in [2.75, 3.05) is 0 Å². The molecule has 72 valence electrons. The lowest BCUT2D eigenvalue weighted by atomic mass is 10.2. The third kappa shape index (κ3) is 2.05. The van der Waals surface area contributed by atoms with E-state index in [0.29, 0.717) is 0 Å². The molecule has 0 saturated heterocycles. The van der Waals surface area contributed by atoms with E-state index < -0.39 is 12.0 Å². The Hall–Kier alpha value is -0.940. The smallest absolute Gasteiger partial charge is 0.266 e. The maximum atomic E-state index is 12.3. The van der Waals surface area contributed by atoms with Gasteiger partial charge in [0.15, 0.2) is 0 Å². The molecule has 0 aliphatic carbocycles. The first-order chi connectivity index (χ1) is 6.06. The lowest BCUT2D eigenvalue weighted by Gasteiger charge is -2.06. The molecule has 1 aromatic rings. The second-order valence-corrected chi connectivity index (χ2v) is 2.79. The van der Waals surface area contributed by atoms with Crippen LogP contribution in [-0.2, 0) is 6.54 Å². The summed E-state index contributed by atoms with van der Waals surface area (Å²) in [5, 5.41) is -0.257. The molecule has 0 atom stereocenters. The van der Waals surface area contributed by atoms with E-state index in [9.17, 15) is 13.6 Å². The molecule has 0 saturated carbocycles. The molecule has 0 amide bonds. The molecule has 0 bridgehead atoms. The number of pyridine rings is 1. The summed E-state index contributed by atoms with van der Waals surface area (Å²) in [6.45, 7) is -0.147. The van der Waals surface area contributed by atoms with Crippen molar-refractivity contribution in [2.45, 2.75) is 13.0 Å². The van der Waals surface area contributed by atoms with Gasteiger partial charge in [-0.3, -0.25) is 4.79 Å². The van der Waals surface area contributed by atoms with Crippen molar-refractivity contribution in [3.05, 3.63) is 32.7 Å². The summed E-state index contributed by atoms with van der Waals surface area (Å²) in [7, 11) is 0. The summed E-state index contributed by atoms with van der Waals surface area (Å²) in [6.07, 6.45) is -2.69. The van der Waals surface area contributed by atoms with Crippen molar-refractivity contribution in [3.8, 4) is 0 Å². The zero-order chi connectivity index (χ0) is 10.0. The minimum absolute atomic E-state index is 0.0180. The van der Waals surface area contributed by atoms with Crippen LogP contribution in [0.3, 0.4) is 0 Å². The fraction of sp³-hybridized carbons (Fsp3) is 0.286. The Labute approximate surface area is 77.5 Å². The zero-order valence-electron chi connectivity index (χ0n) is 6.48. The van der Waals surface area contributed by atoms with Crippen LogP contribution >= 0.6 is 11.6 Å². The van der Waals surface area contributed by atoms with Gasteiger partial charge in [-0.05, 0) is 6.07 Å². The van der Waals surface area contributed by atoms with Gasteiger partial charge in [0.25, 0.3) is 12.0 Å². The molecule has 0 unspecified atom stereocenters. The molecule has 0 aliphatic rings. The average Bonchev–Trinajstić information content (AvgIpc) is 2.08. The number of H-pyrrole nitrogens is 1. The zero-order valence-corrected chi connectivity index (χ0v) is 7.24. The minimum Gasteiger partial charge on any atom is -0.325 e. The summed E-state index contributed by atoms with van der Waals surface area (Å²) in [5.74, 6) is 0. The first-order valence-corrected chi connectivity index (χ1v) is 3.84. The van der Waals surface area contributed by atoms with Gasteiger partial charge in [-0.15, -0.1) is 0 Å². The quantitative estimate of drug-likeness (QED) is 0.772. The van der Waals surface area contributed by atoms with Crippen molar-refractivity contribution < 1.29 is 8.78 Å². The molecule has 3 N–H and O–H groups in total. The van der Waals surface area contributed by atoms with E-state index in [1.807, 2.05) is 0 Å². The van der Waals surface area contributed by atoms with E-state index in [4.69, 9.17) is 17.3 Å². The predicted octanol–water partition coefficient (Wildman–Crippen LogP) is 1.42. The number of aromatic amines is 1. The van der Waals surface area contributed by atoms with Crippen molar-refractivity contribution >= 4 is 11.6 Å². The van der Waals surface area contributed by atoms with Crippen LogP contribution in [0.25, 0.3) is 0 Å². The van der Waals surface area contributed by atoms with Crippen LogP contribution < -0.4 is 11.3 Å². The van der Waals surface area contributed by atoms with E-state index >= 15 is 0 Å². The highest BCUT2D eigenvalue weighted by molar-refractivity contribution is 6.30. The highest BCUT2D eigenvalue weighted by atomic mass is 35.5. The third-order valence-electron chi connectivity index (χ3n) is 1.55.